The summed E-state index contributed by atoms with van der Waals surface area (Å²) in [6.45, 7) is 3.08. The molecule has 1 aliphatic heterocycles. The van der Waals surface area contributed by atoms with Crippen molar-refractivity contribution < 1.29 is 13.2 Å². The summed E-state index contributed by atoms with van der Waals surface area (Å²) in [4.78, 5) is 13.7. The van der Waals surface area contributed by atoms with Crippen molar-refractivity contribution in [2.45, 2.75) is 32.6 Å². The maximum atomic E-state index is 11.9. The van der Waals surface area contributed by atoms with Crippen molar-refractivity contribution >= 4 is 15.9 Å². The third kappa shape index (κ3) is 4.27. The SMILES string of the molecule is CCS(=O)(=O)N(C)CC(=O)N1CCCCCC1. The predicted molar refractivity (Wildman–Crippen MR) is 67.1 cm³/mol. The summed E-state index contributed by atoms with van der Waals surface area (Å²) >= 11 is 0. The molecule has 0 radical (unpaired) electrons. The normalized spacial score (nSPS) is 18.2. The Morgan fingerprint density at radius 2 is 1.71 bits per heavy atom. The summed E-state index contributed by atoms with van der Waals surface area (Å²) in [6.07, 6.45) is 4.37. The first-order valence-corrected chi connectivity index (χ1v) is 7.80. The zero-order chi connectivity index (χ0) is 12.9. The molecule has 1 amide bonds. The van der Waals surface area contributed by atoms with Crippen molar-refractivity contribution in [3.63, 3.8) is 0 Å². The van der Waals surface area contributed by atoms with Crippen molar-refractivity contribution in [3.05, 3.63) is 0 Å². The Bertz CT molecular complexity index is 346. The van der Waals surface area contributed by atoms with E-state index in [0.717, 1.165) is 43.1 Å². The minimum atomic E-state index is -3.26. The molecule has 0 atom stereocenters. The molecular weight excluding hydrogens is 240 g/mol. The minimum Gasteiger partial charge on any atom is -0.342 e. The molecule has 5 nitrogen and oxygen atoms in total. The van der Waals surface area contributed by atoms with Gasteiger partial charge in [0.2, 0.25) is 15.9 Å². The van der Waals surface area contributed by atoms with E-state index in [4.69, 9.17) is 0 Å². The van der Waals surface area contributed by atoms with Crippen LogP contribution in [0.15, 0.2) is 0 Å². The number of carbonyl (C=O) groups is 1. The fourth-order valence-corrected chi connectivity index (χ4v) is 2.68. The Kier molecular flexibility index (Phi) is 5.39. The summed E-state index contributed by atoms with van der Waals surface area (Å²) in [6, 6.07) is 0. The van der Waals surface area contributed by atoms with Crippen LogP contribution in [0.5, 0.6) is 0 Å². The van der Waals surface area contributed by atoms with E-state index < -0.39 is 10.0 Å². The molecule has 0 unspecified atom stereocenters. The molecule has 100 valence electrons. The maximum absolute atomic E-state index is 11.9. The van der Waals surface area contributed by atoms with Crippen molar-refractivity contribution in [3.8, 4) is 0 Å². The van der Waals surface area contributed by atoms with E-state index in [-0.39, 0.29) is 18.2 Å². The second-order valence-corrected chi connectivity index (χ2v) is 6.82. The predicted octanol–water partition coefficient (Wildman–Crippen LogP) is 0.670. The van der Waals surface area contributed by atoms with Gasteiger partial charge in [0.05, 0.1) is 12.3 Å². The zero-order valence-corrected chi connectivity index (χ0v) is 11.5. The number of hydrogen-bond donors (Lipinski definition) is 0. The highest BCUT2D eigenvalue weighted by Crippen LogP contribution is 2.10. The highest BCUT2D eigenvalue weighted by atomic mass is 32.2. The molecule has 1 saturated heterocycles. The van der Waals surface area contributed by atoms with Crippen molar-refractivity contribution in [1.82, 2.24) is 9.21 Å². The molecule has 0 saturated carbocycles. The topological polar surface area (TPSA) is 57.7 Å². The molecular formula is C11H22N2O3S. The number of nitrogens with zero attached hydrogens (tertiary/aromatic N) is 2. The average molecular weight is 262 g/mol. The van der Waals surface area contributed by atoms with Crippen molar-refractivity contribution in [1.29, 1.82) is 0 Å². The number of rotatable bonds is 4. The van der Waals surface area contributed by atoms with Gasteiger partial charge >= 0.3 is 0 Å². The molecule has 17 heavy (non-hydrogen) atoms. The fourth-order valence-electron chi connectivity index (χ4n) is 1.93. The standard InChI is InChI=1S/C11H22N2O3S/c1-3-17(15,16)12(2)10-11(14)13-8-6-4-5-7-9-13/h3-10H2,1-2H3. The van der Waals surface area contributed by atoms with Gasteiger partial charge in [-0.3, -0.25) is 4.79 Å². The largest absolute Gasteiger partial charge is 0.342 e. The number of sulfonamides is 1. The van der Waals surface area contributed by atoms with E-state index >= 15 is 0 Å². The summed E-state index contributed by atoms with van der Waals surface area (Å²) in [5, 5.41) is 0. The van der Waals surface area contributed by atoms with Crippen LogP contribution in [-0.4, -0.2) is 56.0 Å². The highest BCUT2D eigenvalue weighted by Gasteiger charge is 2.22. The lowest BCUT2D eigenvalue weighted by molar-refractivity contribution is -0.131. The summed E-state index contributed by atoms with van der Waals surface area (Å²) in [5.74, 6) is -0.0389. The Labute approximate surface area is 104 Å². The van der Waals surface area contributed by atoms with Gasteiger partial charge in [-0.15, -0.1) is 0 Å². The van der Waals surface area contributed by atoms with Crippen LogP contribution < -0.4 is 0 Å². The van der Waals surface area contributed by atoms with E-state index in [2.05, 4.69) is 0 Å². The Morgan fingerprint density at radius 3 is 2.18 bits per heavy atom. The third-order valence-electron chi connectivity index (χ3n) is 3.16. The van der Waals surface area contributed by atoms with Gasteiger partial charge in [-0.25, -0.2) is 8.42 Å². The summed E-state index contributed by atoms with van der Waals surface area (Å²) in [5.41, 5.74) is 0. The molecule has 0 bridgehead atoms. The molecule has 0 aromatic carbocycles. The number of likely N-dealkylation sites (tertiary alicyclic amines) is 1. The maximum Gasteiger partial charge on any atom is 0.237 e. The van der Waals surface area contributed by atoms with E-state index in [1.165, 1.54) is 7.05 Å². The van der Waals surface area contributed by atoms with Gasteiger partial charge in [0.15, 0.2) is 0 Å². The average Bonchev–Trinajstić information content (AvgIpc) is 2.57. The van der Waals surface area contributed by atoms with Gasteiger partial charge in [0, 0.05) is 20.1 Å². The Balaban J connectivity index is 2.53. The fraction of sp³-hybridized carbons (Fsp3) is 0.909. The number of hydrogen-bond acceptors (Lipinski definition) is 3. The molecule has 1 fully saturated rings. The smallest absolute Gasteiger partial charge is 0.237 e. The minimum absolute atomic E-state index is 0.0316. The lowest BCUT2D eigenvalue weighted by Gasteiger charge is -2.23. The Morgan fingerprint density at radius 1 is 1.18 bits per heavy atom. The van der Waals surface area contributed by atoms with Gasteiger partial charge in [0.1, 0.15) is 0 Å². The molecule has 0 spiro atoms. The first-order valence-electron chi connectivity index (χ1n) is 6.19. The monoisotopic (exact) mass is 262 g/mol. The van der Waals surface area contributed by atoms with Crippen LogP contribution in [0, 0.1) is 0 Å². The van der Waals surface area contributed by atoms with Gasteiger partial charge in [-0.05, 0) is 19.8 Å². The first-order chi connectivity index (χ1) is 7.97. The lowest BCUT2D eigenvalue weighted by Crippen LogP contribution is -2.41. The molecule has 6 heteroatoms. The van der Waals surface area contributed by atoms with Crippen LogP contribution in [0.4, 0.5) is 0 Å². The van der Waals surface area contributed by atoms with Crippen LogP contribution >= 0.6 is 0 Å². The van der Waals surface area contributed by atoms with Gasteiger partial charge < -0.3 is 4.90 Å². The number of amides is 1. The second-order valence-electron chi connectivity index (χ2n) is 4.45. The Hall–Kier alpha value is -0.620. The van der Waals surface area contributed by atoms with Crippen LogP contribution in [-0.2, 0) is 14.8 Å². The van der Waals surface area contributed by atoms with Crippen molar-refractivity contribution in [2.24, 2.45) is 0 Å². The van der Waals surface area contributed by atoms with Gasteiger partial charge in [0.25, 0.3) is 0 Å². The van der Waals surface area contributed by atoms with Gasteiger partial charge in [-0.2, -0.15) is 4.31 Å². The molecule has 1 rings (SSSR count). The molecule has 0 aromatic rings. The summed E-state index contributed by atoms with van der Waals surface area (Å²) in [7, 11) is -1.79. The zero-order valence-electron chi connectivity index (χ0n) is 10.7. The molecule has 1 heterocycles. The molecule has 0 aromatic heterocycles. The van der Waals surface area contributed by atoms with Gasteiger partial charge in [-0.1, -0.05) is 12.8 Å². The van der Waals surface area contributed by atoms with E-state index in [1.54, 1.807) is 11.8 Å². The first kappa shape index (κ1) is 14.4. The van der Waals surface area contributed by atoms with Crippen molar-refractivity contribution in [2.75, 3.05) is 32.4 Å². The van der Waals surface area contributed by atoms with E-state index in [0.29, 0.717) is 0 Å². The summed E-state index contributed by atoms with van der Waals surface area (Å²) < 4.78 is 24.2. The highest BCUT2D eigenvalue weighted by molar-refractivity contribution is 7.89. The van der Waals surface area contributed by atoms with Crippen LogP contribution in [0.3, 0.4) is 0 Å². The molecule has 0 aliphatic carbocycles. The lowest BCUT2D eigenvalue weighted by atomic mass is 10.2. The van der Waals surface area contributed by atoms with E-state index in [1.807, 2.05) is 0 Å². The quantitative estimate of drug-likeness (QED) is 0.748. The molecule has 0 N–H and O–H groups in total. The van der Waals surface area contributed by atoms with Crippen LogP contribution in [0.25, 0.3) is 0 Å². The number of likely N-dealkylation sites (N-methyl/N-ethyl adjacent to an activating group) is 1. The van der Waals surface area contributed by atoms with E-state index in [9.17, 15) is 13.2 Å². The second kappa shape index (κ2) is 6.35. The van der Waals surface area contributed by atoms with Crippen LogP contribution in [0.2, 0.25) is 0 Å². The molecule has 1 aliphatic rings. The number of carbonyl (C=O) groups excluding carboxylic acids is 1. The third-order valence-corrected chi connectivity index (χ3v) is 4.96. The van der Waals surface area contributed by atoms with Crippen LogP contribution in [0.1, 0.15) is 32.6 Å².